The van der Waals surface area contributed by atoms with Gasteiger partial charge in [-0.25, -0.2) is 4.79 Å². The van der Waals surface area contributed by atoms with E-state index in [0.717, 1.165) is 22.3 Å². The van der Waals surface area contributed by atoms with Crippen LogP contribution in [-0.2, 0) is 49.5 Å². The standard InChI is InChI=1S/C49H62N10O14/c50-48(51)53-20-10-18-32-43(66)54-24-37(60)56-35(22-38(61)62)46(69)59-34(21-26-11-2-1-3-12-26)45(68)58-33(44(67)57-32)17-8-9-19-52-47(70)42-41(65)40(64)39(63)36(73-42)23-55-49(71)72-25-31-29-15-6-4-13-27(29)28-14-5-7-16-30(28)31/h1-7,11-16,31-36,39-42,63-65H,8-10,17-25H2,(H,52,70)(H,54,66)(H,55,71)(H,56,60)(H,57,67)(H,58,68)(H,59,69)(H,61,62)(H4,50,51,53)/t32-,33-,34+,35-,36+,39-,40?,41-,42?/m0/s1. The lowest BCUT2D eigenvalue weighted by molar-refractivity contribution is -0.218. The number of aliphatic hydroxyl groups is 3. The van der Waals surface area contributed by atoms with Crippen LogP contribution in [0.4, 0.5) is 4.79 Å². The van der Waals surface area contributed by atoms with Crippen molar-refractivity contribution in [3.05, 3.63) is 95.6 Å². The van der Waals surface area contributed by atoms with E-state index in [1.807, 2.05) is 48.5 Å². The summed E-state index contributed by atoms with van der Waals surface area (Å²) in [7, 11) is 0. The number of carboxylic acid groups (broad SMARTS) is 1. The highest BCUT2D eigenvalue weighted by Gasteiger charge is 2.47. The molecule has 0 bridgehead atoms. The number of aliphatic carboxylic acids is 1. The lowest BCUT2D eigenvalue weighted by atomic mass is 9.94. The molecule has 3 aromatic carbocycles. The number of carboxylic acids is 1. The van der Waals surface area contributed by atoms with Crippen molar-refractivity contribution in [3.8, 4) is 11.1 Å². The van der Waals surface area contributed by atoms with Gasteiger partial charge in [0.1, 0.15) is 55.2 Å². The maximum Gasteiger partial charge on any atom is 0.407 e. The van der Waals surface area contributed by atoms with Gasteiger partial charge in [0, 0.05) is 32.0 Å². The number of hydrogen-bond acceptors (Lipinski definition) is 14. The number of guanidine groups is 1. The van der Waals surface area contributed by atoms with Crippen molar-refractivity contribution in [3.63, 3.8) is 0 Å². The number of nitrogens with two attached hydrogens (primary N) is 2. The molecule has 3 aliphatic rings. The summed E-state index contributed by atoms with van der Waals surface area (Å²) in [5.41, 5.74) is 15.5. The van der Waals surface area contributed by atoms with E-state index in [0.29, 0.717) is 5.56 Å². The Bertz CT molecular complexity index is 2450. The van der Waals surface area contributed by atoms with Gasteiger partial charge in [-0.05, 0) is 59.9 Å². The molecule has 392 valence electrons. The molecule has 2 unspecified atom stereocenters. The van der Waals surface area contributed by atoms with Gasteiger partial charge < -0.3 is 78.6 Å². The van der Waals surface area contributed by atoms with E-state index < -0.39 is 122 Å². The molecule has 0 radical (unpaired) electrons. The Morgan fingerprint density at radius 3 is 1.93 bits per heavy atom. The van der Waals surface area contributed by atoms with Crippen LogP contribution < -0.4 is 48.7 Å². The minimum absolute atomic E-state index is 0.00221. The minimum atomic E-state index is -1.86. The lowest BCUT2D eigenvalue weighted by Crippen LogP contribution is -2.63. The van der Waals surface area contributed by atoms with E-state index in [9.17, 15) is 58.8 Å². The van der Waals surface area contributed by atoms with Crippen molar-refractivity contribution >= 4 is 53.5 Å². The molecule has 24 heteroatoms. The first-order chi connectivity index (χ1) is 35.0. The van der Waals surface area contributed by atoms with E-state index in [1.165, 1.54) is 0 Å². The largest absolute Gasteiger partial charge is 0.481 e. The van der Waals surface area contributed by atoms with Gasteiger partial charge in [0.05, 0.1) is 13.0 Å². The molecule has 0 saturated carbocycles. The summed E-state index contributed by atoms with van der Waals surface area (Å²) in [5, 5.41) is 59.3. The number of carbonyl (C=O) groups is 8. The number of rotatable bonds is 18. The summed E-state index contributed by atoms with van der Waals surface area (Å²) in [6, 6.07) is 18.3. The highest BCUT2D eigenvalue weighted by atomic mass is 16.6. The average molecular weight is 1020 g/mol. The lowest BCUT2D eigenvalue weighted by Gasteiger charge is -2.39. The fraction of sp³-hybridized carbons (Fsp3) is 0.449. The molecule has 2 heterocycles. The van der Waals surface area contributed by atoms with Gasteiger partial charge in [-0.15, -0.1) is 0 Å². The van der Waals surface area contributed by atoms with Crippen LogP contribution in [0.2, 0.25) is 0 Å². The summed E-state index contributed by atoms with van der Waals surface area (Å²) in [6.07, 6.45) is -9.92. The van der Waals surface area contributed by atoms with E-state index in [2.05, 4.69) is 42.2 Å². The van der Waals surface area contributed by atoms with Crippen LogP contribution >= 0.6 is 0 Å². The van der Waals surface area contributed by atoms with Crippen molar-refractivity contribution in [2.45, 2.75) is 106 Å². The average Bonchev–Trinajstić information content (AvgIpc) is 3.69. The number of hydrogen-bond donors (Lipinski definition) is 13. The third-order valence-electron chi connectivity index (χ3n) is 12.6. The van der Waals surface area contributed by atoms with Crippen molar-refractivity contribution in [1.82, 2.24) is 37.2 Å². The number of fused-ring (bicyclic) bond motifs is 3. The van der Waals surface area contributed by atoms with E-state index >= 15 is 0 Å². The second-order valence-corrected chi connectivity index (χ2v) is 17.8. The van der Waals surface area contributed by atoms with Crippen molar-refractivity contribution in [2.24, 2.45) is 16.5 Å². The van der Waals surface area contributed by atoms with Crippen LogP contribution in [-0.4, -0.2) is 161 Å². The maximum absolute atomic E-state index is 14.1. The number of aliphatic imine (C=N–C) groups is 1. The summed E-state index contributed by atoms with van der Waals surface area (Å²) < 4.78 is 11.3. The van der Waals surface area contributed by atoms with Gasteiger partial charge in [-0.2, -0.15) is 0 Å². The monoisotopic (exact) mass is 1010 g/mol. The quantitative estimate of drug-likeness (QED) is 0.0356. The first-order valence-corrected chi connectivity index (χ1v) is 23.9. The maximum atomic E-state index is 14.1. The minimum Gasteiger partial charge on any atom is -0.481 e. The first kappa shape index (κ1) is 54.7. The molecule has 0 aromatic heterocycles. The molecular weight excluding hydrogens is 953 g/mol. The Morgan fingerprint density at radius 2 is 1.27 bits per heavy atom. The molecule has 1 aliphatic carbocycles. The van der Waals surface area contributed by atoms with Crippen LogP contribution in [0, 0.1) is 0 Å². The van der Waals surface area contributed by atoms with Crippen molar-refractivity contribution < 1.29 is 68.3 Å². The second kappa shape index (κ2) is 26.1. The molecule has 73 heavy (non-hydrogen) atoms. The van der Waals surface area contributed by atoms with Gasteiger partial charge in [-0.1, -0.05) is 78.9 Å². The SMILES string of the molecule is NC(N)=NCCC[C@@H]1NC(=O)[C@H](CCCCNC(=O)C2O[C@H](CNC(=O)OCC3c4ccccc4-c4ccccc43)[C@H](O)C(O)[C@@H]2O)NC(=O)[C@@H](Cc2ccccc2)NC(=O)[C@H](CC(=O)O)NC(=O)CNC1=O. The van der Waals surface area contributed by atoms with Gasteiger partial charge in [0.15, 0.2) is 12.1 Å². The molecule has 2 saturated heterocycles. The zero-order chi connectivity index (χ0) is 52.6. The molecule has 0 spiro atoms. The predicted molar refractivity (Wildman–Crippen MR) is 260 cm³/mol. The number of unbranched alkanes of at least 4 members (excludes halogenated alkanes) is 1. The van der Waals surface area contributed by atoms with Gasteiger partial charge in [-0.3, -0.25) is 38.6 Å². The third-order valence-corrected chi connectivity index (χ3v) is 12.6. The molecule has 6 rings (SSSR count). The number of nitrogens with zero attached hydrogens (tertiary/aromatic N) is 1. The number of ether oxygens (including phenoxy) is 2. The number of benzene rings is 3. The van der Waals surface area contributed by atoms with Crippen molar-refractivity contribution in [1.29, 1.82) is 0 Å². The van der Waals surface area contributed by atoms with Gasteiger partial charge in [0.25, 0.3) is 5.91 Å². The summed E-state index contributed by atoms with van der Waals surface area (Å²) >= 11 is 0. The Balaban J connectivity index is 1.08. The van der Waals surface area contributed by atoms with E-state index in [-0.39, 0.29) is 70.1 Å². The second-order valence-electron chi connectivity index (χ2n) is 17.8. The topological polar surface area (TPSA) is 385 Å². The van der Waals surface area contributed by atoms with Crippen molar-refractivity contribution in [2.75, 3.05) is 32.8 Å². The fourth-order valence-electron chi connectivity index (χ4n) is 8.79. The Morgan fingerprint density at radius 1 is 0.685 bits per heavy atom. The van der Waals surface area contributed by atoms with Gasteiger partial charge >= 0.3 is 12.1 Å². The van der Waals surface area contributed by atoms with Crippen LogP contribution in [0.3, 0.4) is 0 Å². The summed E-state index contributed by atoms with van der Waals surface area (Å²) in [4.78, 5) is 110. The smallest absolute Gasteiger partial charge is 0.407 e. The number of nitrogens with one attached hydrogen (secondary N) is 7. The molecule has 15 N–H and O–H groups in total. The zero-order valence-corrected chi connectivity index (χ0v) is 39.7. The van der Waals surface area contributed by atoms with Crippen LogP contribution in [0.1, 0.15) is 61.1 Å². The van der Waals surface area contributed by atoms with E-state index in [1.54, 1.807) is 30.3 Å². The van der Waals surface area contributed by atoms with E-state index in [4.69, 9.17) is 20.9 Å². The highest BCUT2D eigenvalue weighted by molar-refractivity contribution is 5.98. The summed E-state index contributed by atoms with van der Waals surface area (Å²) in [5.74, 6) is -7.19. The number of alkyl carbamates (subject to hydrolysis) is 1. The highest BCUT2D eigenvalue weighted by Crippen LogP contribution is 2.44. The molecular formula is C49H62N10O14. The molecule has 24 nitrogen and oxygen atoms in total. The third kappa shape index (κ3) is 15.2. The zero-order valence-electron chi connectivity index (χ0n) is 39.7. The molecule has 2 aliphatic heterocycles. The fourth-order valence-corrected chi connectivity index (χ4v) is 8.79. The van der Waals surface area contributed by atoms with Crippen LogP contribution in [0.15, 0.2) is 83.9 Å². The molecule has 2 fully saturated rings. The number of amides is 7. The van der Waals surface area contributed by atoms with Crippen LogP contribution in [0.5, 0.6) is 0 Å². The first-order valence-electron chi connectivity index (χ1n) is 23.9. The molecule has 3 aromatic rings. The predicted octanol–water partition coefficient (Wildman–Crippen LogP) is -2.50. The Hall–Kier alpha value is -7.67. The van der Waals surface area contributed by atoms with Crippen LogP contribution in [0.25, 0.3) is 11.1 Å². The molecule has 9 atom stereocenters. The number of carbonyl (C=O) groups excluding carboxylic acids is 7. The Kier molecular flexibility index (Phi) is 19.6. The normalized spacial score (nSPS) is 24.6. The summed E-state index contributed by atoms with van der Waals surface area (Å²) in [6.45, 7) is -1.11. The molecule has 7 amide bonds. The number of aliphatic hydroxyl groups excluding tert-OH is 3. The Labute approximate surface area is 419 Å². The van der Waals surface area contributed by atoms with Gasteiger partial charge in [0.2, 0.25) is 29.5 Å².